The van der Waals surface area contributed by atoms with Crippen LogP contribution in [-0.4, -0.2) is 25.7 Å². The lowest BCUT2D eigenvalue weighted by molar-refractivity contribution is 0.334. The summed E-state index contributed by atoms with van der Waals surface area (Å²) in [5.74, 6) is 0.917. The Morgan fingerprint density at radius 2 is 2.00 bits per heavy atom. The molecule has 0 saturated carbocycles. The third-order valence-corrected chi connectivity index (χ3v) is 4.20. The van der Waals surface area contributed by atoms with E-state index in [1.807, 2.05) is 12.1 Å². The van der Waals surface area contributed by atoms with Gasteiger partial charge >= 0.3 is 0 Å². The van der Waals surface area contributed by atoms with Gasteiger partial charge in [0, 0.05) is 18.1 Å². The number of ether oxygens (including phenoxy) is 1. The van der Waals surface area contributed by atoms with Gasteiger partial charge in [-0.05, 0) is 57.4 Å². The van der Waals surface area contributed by atoms with Crippen LogP contribution in [0, 0.1) is 0 Å². The highest BCUT2D eigenvalue weighted by Gasteiger charge is 2.17. The van der Waals surface area contributed by atoms with Crippen LogP contribution in [0.4, 0.5) is 0 Å². The Hall–Kier alpha value is -1.06. The number of rotatable bonds is 6. The van der Waals surface area contributed by atoms with Crippen molar-refractivity contribution in [3.63, 3.8) is 0 Å². The van der Waals surface area contributed by atoms with Crippen LogP contribution in [0.15, 0.2) is 24.3 Å². The molecule has 1 saturated heterocycles. The van der Waals surface area contributed by atoms with E-state index in [2.05, 4.69) is 36.6 Å². The van der Waals surface area contributed by atoms with Gasteiger partial charge in [-0.25, -0.2) is 0 Å². The molecule has 0 amide bonds. The minimum absolute atomic E-state index is 0.375. The first-order valence-electron chi connectivity index (χ1n) is 7.82. The lowest BCUT2D eigenvalue weighted by Gasteiger charge is -2.28. The molecule has 0 radical (unpaired) electrons. The maximum Gasteiger partial charge on any atom is 0.118 e. The van der Waals surface area contributed by atoms with E-state index >= 15 is 0 Å². The summed E-state index contributed by atoms with van der Waals surface area (Å²) in [4.78, 5) is 0. The largest absolute Gasteiger partial charge is 0.497 e. The van der Waals surface area contributed by atoms with Crippen LogP contribution < -0.4 is 15.4 Å². The van der Waals surface area contributed by atoms with Crippen LogP contribution in [0.3, 0.4) is 0 Å². The molecule has 1 aliphatic heterocycles. The lowest BCUT2D eigenvalue weighted by Crippen LogP contribution is -2.40. The van der Waals surface area contributed by atoms with Crippen LogP contribution >= 0.6 is 0 Å². The summed E-state index contributed by atoms with van der Waals surface area (Å²) in [6.45, 7) is 5.70. The number of nitrogens with one attached hydrogen (secondary N) is 2. The zero-order valence-electron chi connectivity index (χ0n) is 13.0. The van der Waals surface area contributed by atoms with Crippen molar-refractivity contribution in [1.82, 2.24) is 10.6 Å². The molecule has 2 N–H and O–H groups in total. The van der Waals surface area contributed by atoms with Gasteiger partial charge in [0.1, 0.15) is 5.75 Å². The predicted octanol–water partition coefficient (Wildman–Crippen LogP) is 3.27. The molecule has 1 aliphatic rings. The van der Waals surface area contributed by atoms with E-state index in [-0.39, 0.29) is 0 Å². The summed E-state index contributed by atoms with van der Waals surface area (Å²) in [6, 6.07) is 9.93. The van der Waals surface area contributed by atoms with Crippen LogP contribution in [0.2, 0.25) is 0 Å². The fourth-order valence-corrected chi connectivity index (χ4v) is 3.04. The highest BCUT2D eigenvalue weighted by Crippen LogP contribution is 2.19. The van der Waals surface area contributed by atoms with Crippen LogP contribution in [-0.2, 0) is 0 Å². The van der Waals surface area contributed by atoms with Gasteiger partial charge < -0.3 is 15.4 Å². The molecule has 3 nitrogen and oxygen atoms in total. The van der Waals surface area contributed by atoms with Crippen molar-refractivity contribution in [2.75, 3.05) is 13.7 Å². The molecule has 1 aromatic rings. The molecular formula is C17H28N2O. The highest BCUT2D eigenvalue weighted by atomic mass is 16.5. The molecule has 20 heavy (non-hydrogen) atoms. The second kappa shape index (κ2) is 7.65. The van der Waals surface area contributed by atoms with Crippen molar-refractivity contribution in [2.45, 2.75) is 57.7 Å². The summed E-state index contributed by atoms with van der Waals surface area (Å²) in [6.07, 6.45) is 5.24. The SMILES string of the molecule is COc1ccc(C(C)NC(C)CC2CCCCN2)cc1. The molecule has 3 heteroatoms. The van der Waals surface area contributed by atoms with Crippen molar-refractivity contribution < 1.29 is 4.74 Å². The second-order valence-corrected chi connectivity index (χ2v) is 5.95. The zero-order chi connectivity index (χ0) is 14.4. The fraction of sp³-hybridized carbons (Fsp3) is 0.647. The van der Waals surface area contributed by atoms with Crippen molar-refractivity contribution in [1.29, 1.82) is 0 Å². The quantitative estimate of drug-likeness (QED) is 0.836. The van der Waals surface area contributed by atoms with Gasteiger partial charge in [-0.2, -0.15) is 0 Å². The molecule has 2 rings (SSSR count). The van der Waals surface area contributed by atoms with Gasteiger partial charge in [0.2, 0.25) is 0 Å². The van der Waals surface area contributed by atoms with E-state index in [0.717, 1.165) is 5.75 Å². The first kappa shape index (κ1) is 15.3. The standard InChI is InChI=1S/C17H28N2O/c1-13(12-16-6-4-5-11-18-16)19-14(2)15-7-9-17(20-3)10-8-15/h7-10,13-14,16,18-19H,4-6,11-12H2,1-3H3. The molecule has 0 aliphatic carbocycles. The molecule has 1 fully saturated rings. The molecule has 112 valence electrons. The topological polar surface area (TPSA) is 33.3 Å². The van der Waals surface area contributed by atoms with Crippen LogP contribution in [0.5, 0.6) is 5.75 Å². The minimum atomic E-state index is 0.375. The molecule has 0 spiro atoms. The third kappa shape index (κ3) is 4.50. The Balaban J connectivity index is 1.81. The van der Waals surface area contributed by atoms with E-state index in [1.54, 1.807) is 7.11 Å². The fourth-order valence-electron chi connectivity index (χ4n) is 3.04. The number of hydrogen-bond acceptors (Lipinski definition) is 3. The summed E-state index contributed by atoms with van der Waals surface area (Å²) in [5.41, 5.74) is 1.31. The number of methoxy groups -OCH3 is 1. The Kier molecular flexibility index (Phi) is 5.86. The molecule has 3 unspecified atom stereocenters. The van der Waals surface area contributed by atoms with Crippen molar-refractivity contribution in [3.8, 4) is 5.75 Å². The summed E-state index contributed by atoms with van der Waals surface area (Å²) >= 11 is 0. The van der Waals surface area contributed by atoms with E-state index in [4.69, 9.17) is 4.74 Å². The Morgan fingerprint density at radius 1 is 1.25 bits per heavy atom. The Morgan fingerprint density at radius 3 is 2.60 bits per heavy atom. The van der Waals surface area contributed by atoms with E-state index < -0.39 is 0 Å². The van der Waals surface area contributed by atoms with E-state index in [9.17, 15) is 0 Å². The predicted molar refractivity (Wildman–Crippen MR) is 84.3 cm³/mol. The van der Waals surface area contributed by atoms with Crippen molar-refractivity contribution >= 4 is 0 Å². The monoisotopic (exact) mass is 276 g/mol. The molecule has 0 aromatic heterocycles. The highest BCUT2D eigenvalue weighted by molar-refractivity contribution is 5.28. The van der Waals surface area contributed by atoms with E-state index in [0.29, 0.717) is 18.1 Å². The number of hydrogen-bond donors (Lipinski definition) is 2. The molecule has 0 bridgehead atoms. The third-order valence-electron chi connectivity index (χ3n) is 4.20. The normalized spacial score (nSPS) is 22.2. The van der Waals surface area contributed by atoms with Gasteiger partial charge in [0.05, 0.1) is 7.11 Å². The number of piperidine rings is 1. The van der Waals surface area contributed by atoms with Gasteiger partial charge in [0.25, 0.3) is 0 Å². The van der Waals surface area contributed by atoms with Gasteiger partial charge in [-0.1, -0.05) is 18.6 Å². The molecular weight excluding hydrogens is 248 g/mol. The van der Waals surface area contributed by atoms with Gasteiger partial charge in [-0.3, -0.25) is 0 Å². The second-order valence-electron chi connectivity index (χ2n) is 5.95. The maximum atomic E-state index is 5.20. The first-order valence-corrected chi connectivity index (χ1v) is 7.82. The first-order chi connectivity index (χ1) is 9.69. The van der Waals surface area contributed by atoms with Gasteiger partial charge in [-0.15, -0.1) is 0 Å². The van der Waals surface area contributed by atoms with Gasteiger partial charge in [0.15, 0.2) is 0 Å². The maximum absolute atomic E-state index is 5.20. The summed E-state index contributed by atoms with van der Waals surface area (Å²) in [5, 5.41) is 7.32. The van der Waals surface area contributed by atoms with Crippen molar-refractivity contribution in [3.05, 3.63) is 29.8 Å². The van der Waals surface area contributed by atoms with Crippen LogP contribution in [0.1, 0.15) is 51.1 Å². The molecule has 3 atom stereocenters. The van der Waals surface area contributed by atoms with Crippen LogP contribution in [0.25, 0.3) is 0 Å². The molecule has 1 heterocycles. The average molecular weight is 276 g/mol. The summed E-state index contributed by atoms with van der Waals surface area (Å²) in [7, 11) is 1.70. The Labute approximate surface area is 123 Å². The zero-order valence-corrected chi connectivity index (χ0v) is 13.0. The summed E-state index contributed by atoms with van der Waals surface area (Å²) < 4.78 is 5.20. The minimum Gasteiger partial charge on any atom is -0.497 e. The lowest BCUT2D eigenvalue weighted by atomic mass is 9.98. The van der Waals surface area contributed by atoms with E-state index in [1.165, 1.54) is 37.8 Å². The van der Waals surface area contributed by atoms with Crippen molar-refractivity contribution in [2.24, 2.45) is 0 Å². The molecule has 1 aromatic carbocycles. The number of benzene rings is 1. The Bertz CT molecular complexity index is 384. The average Bonchev–Trinajstić information content (AvgIpc) is 2.48. The smallest absolute Gasteiger partial charge is 0.118 e.